The van der Waals surface area contributed by atoms with E-state index in [2.05, 4.69) is 0 Å². The van der Waals surface area contributed by atoms with Crippen molar-refractivity contribution in [1.82, 2.24) is 0 Å². The van der Waals surface area contributed by atoms with Gasteiger partial charge >= 0.3 is 12.1 Å². The van der Waals surface area contributed by atoms with Crippen molar-refractivity contribution in [2.45, 2.75) is 12.1 Å². The molecule has 0 aromatic heterocycles. The molecule has 0 unspecified atom stereocenters. The highest BCUT2D eigenvalue weighted by molar-refractivity contribution is 6.04. The van der Waals surface area contributed by atoms with Gasteiger partial charge in [-0.15, -0.1) is 0 Å². The third-order valence-corrected chi connectivity index (χ3v) is 2.36. The number of benzene rings is 1. The molecule has 2 nitrogen and oxygen atoms in total. The fourth-order valence-corrected chi connectivity index (χ4v) is 1.28. The van der Waals surface area contributed by atoms with Gasteiger partial charge in [0.1, 0.15) is 11.6 Å². The number of carbonyl (C=O) groups excluding carboxylic acids is 1. The first kappa shape index (κ1) is 16.6. The van der Waals surface area contributed by atoms with Gasteiger partial charge in [0, 0.05) is 0 Å². The Morgan fingerprint density at radius 1 is 1.10 bits per heavy atom. The summed E-state index contributed by atoms with van der Waals surface area (Å²) in [6.07, 6.45) is -3.01. The van der Waals surface area contributed by atoms with Crippen molar-refractivity contribution >= 4 is 11.9 Å². The van der Waals surface area contributed by atoms with Crippen LogP contribution in [0.25, 0.3) is 6.08 Å². The van der Waals surface area contributed by atoms with Crippen molar-refractivity contribution in [3.05, 3.63) is 53.6 Å². The number of nitrogens with zero attached hydrogens (tertiary/aromatic N) is 1. The molecule has 0 saturated heterocycles. The van der Waals surface area contributed by atoms with Crippen LogP contribution in [-0.4, -0.2) is 17.9 Å². The predicted molar refractivity (Wildman–Crippen MR) is 65.2 cm³/mol. The standard InChI is InChI=1S/C14H8F5NO/c15-13(16,14(17,18)19)12(21)11(9-20)8-4-7-10-5-2-1-3-6-10/h1-8H/b7-4+,11-8+. The normalized spacial score (nSPS) is 13.2. The van der Waals surface area contributed by atoms with Gasteiger partial charge < -0.3 is 0 Å². The van der Waals surface area contributed by atoms with Crippen molar-refractivity contribution in [3.8, 4) is 6.07 Å². The molecular weight excluding hydrogens is 293 g/mol. The largest absolute Gasteiger partial charge is 0.461 e. The molecule has 0 aliphatic rings. The molecule has 110 valence electrons. The van der Waals surface area contributed by atoms with Gasteiger partial charge in [0.25, 0.3) is 5.78 Å². The van der Waals surface area contributed by atoms with E-state index < -0.39 is 23.5 Å². The molecule has 0 aliphatic heterocycles. The molecule has 7 heteroatoms. The molecule has 0 radical (unpaired) electrons. The number of halogens is 5. The monoisotopic (exact) mass is 301 g/mol. The topological polar surface area (TPSA) is 40.9 Å². The summed E-state index contributed by atoms with van der Waals surface area (Å²) < 4.78 is 61.8. The number of hydrogen-bond acceptors (Lipinski definition) is 2. The molecule has 1 aromatic rings. The van der Waals surface area contributed by atoms with Crippen LogP contribution in [0.3, 0.4) is 0 Å². The van der Waals surface area contributed by atoms with Gasteiger partial charge in [0.05, 0.1) is 0 Å². The van der Waals surface area contributed by atoms with E-state index in [1.165, 1.54) is 6.08 Å². The highest BCUT2D eigenvalue weighted by atomic mass is 19.4. The molecule has 0 fully saturated rings. The minimum Gasteiger partial charge on any atom is -0.286 e. The van der Waals surface area contributed by atoms with E-state index >= 15 is 0 Å². The highest BCUT2D eigenvalue weighted by Crippen LogP contribution is 2.37. The first-order chi connectivity index (χ1) is 9.70. The van der Waals surface area contributed by atoms with Gasteiger partial charge in [-0.1, -0.05) is 42.5 Å². The summed E-state index contributed by atoms with van der Waals surface area (Å²) >= 11 is 0. The van der Waals surface area contributed by atoms with Gasteiger partial charge in [0.2, 0.25) is 0 Å². The Bertz CT molecular complexity index is 608. The van der Waals surface area contributed by atoms with E-state index in [0.29, 0.717) is 11.6 Å². The smallest absolute Gasteiger partial charge is 0.286 e. The Kier molecular flexibility index (Phi) is 4.97. The van der Waals surface area contributed by atoms with Crippen LogP contribution < -0.4 is 0 Å². The number of nitriles is 1. The average molecular weight is 301 g/mol. The van der Waals surface area contributed by atoms with Crippen LogP contribution in [0.5, 0.6) is 0 Å². The lowest BCUT2D eigenvalue weighted by Crippen LogP contribution is -2.44. The molecule has 0 atom stereocenters. The Hall–Kier alpha value is -2.49. The van der Waals surface area contributed by atoms with Crippen molar-refractivity contribution in [3.63, 3.8) is 0 Å². The van der Waals surface area contributed by atoms with Crippen LogP contribution >= 0.6 is 0 Å². The quantitative estimate of drug-likeness (QED) is 0.366. The Balaban J connectivity index is 2.99. The summed E-state index contributed by atoms with van der Waals surface area (Å²) in [4.78, 5) is 11.1. The predicted octanol–water partition coefficient (Wildman–Crippen LogP) is 3.92. The second kappa shape index (κ2) is 6.31. The van der Waals surface area contributed by atoms with Crippen molar-refractivity contribution in [2.24, 2.45) is 0 Å². The summed E-state index contributed by atoms with van der Waals surface area (Å²) in [6.45, 7) is 0. The molecule has 0 spiro atoms. The maximum atomic E-state index is 12.8. The first-order valence-electron chi connectivity index (χ1n) is 5.53. The maximum Gasteiger partial charge on any atom is 0.461 e. The van der Waals surface area contributed by atoms with Gasteiger partial charge in [-0.25, -0.2) is 0 Å². The molecule has 0 bridgehead atoms. The lowest BCUT2D eigenvalue weighted by Gasteiger charge is -2.17. The molecule has 1 aromatic carbocycles. The lowest BCUT2D eigenvalue weighted by atomic mass is 10.1. The summed E-state index contributed by atoms with van der Waals surface area (Å²) in [6, 6.07) is 9.41. The van der Waals surface area contributed by atoms with Gasteiger partial charge in [-0.05, 0) is 11.6 Å². The van der Waals surface area contributed by atoms with E-state index in [9.17, 15) is 26.7 Å². The number of carbonyl (C=O) groups is 1. The maximum absolute atomic E-state index is 12.8. The van der Waals surface area contributed by atoms with Crippen LogP contribution in [0.2, 0.25) is 0 Å². The molecule has 1 rings (SSSR count). The fourth-order valence-electron chi connectivity index (χ4n) is 1.28. The van der Waals surface area contributed by atoms with Gasteiger partial charge in [-0.3, -0.25) is 4.79 Å². The summed E-state index contributed by atoms with van der Waals surface area (Å²) in [5.41, 5.74) is -0.648. The van der Waals surface area contributed by atoms with Crippen molar-refractivity contribution in [1.29, 1.82) is 5.26 Å². The zero-order valence-corrected chi connectivity index (χ0v) is 10.4. The van der Waals surface area contributed by atoms with E-state index in [0.717, 1.165) is 12.1 Å². The van der Waals surface area contributed by atoms with Crippen LogP contribution in [0.1, 0.15) is 5.56 Å². The van der Waals surface area contributed by atoms with Crippen molar-refractivity contribution < 1.29 is 26.7 Å². The number of rotatable bonds is 4. The molecule has 0 saturated carbocycles. The molecule has 0 N–H and O–H groups in total. The van der Waals surface area contributed by atoms with E-state index in [4.69, 9.17) is 5.26 Å². The zero-order valence-electron chi connectivity index (χ0n) is 10.4. The molecule has 0 aliphatic carbocycles. The van der Waals surface area contributed by atoms with Crippen LogP contribution in [0.4, 0.5) is 22.0 Å². The van der Waals surface area contributed by atoms with Gasteiger partial charge in [-0.2, -0.15) is 27.2 Å². The van der Waals surface area contributed by atoms with E-state index in [1.807, 2.05) is 0 Å². The Labute approximate surface area is 116 Å². The van der Waals surface area contributed by atoms with Crippen molar-refractivity contribution in [2.75, 3.05) is 0 Å². The molecule has 0 amide bonds. The molecule has 21 heavy (non-hydrogen) atoms. The highest BCUT2D eigenvalue weighted by Gasteiger charge is 2.63. The minimum atomic E-state index is -6.04. The van der Waals surface area contributed by atoms with E-state index in [-0.39, 0.29) is 0 Å². The number of ketones is 1. The SMILES string of the molecule is N#C/C(=C\C=C\c1ccccc1)C(=O)C(F)(F)C(F)(F)F. The van der Waals surface area contributed by atoms with Crippen LogP contribution in [0, 0.1) is 11.3 Å². The second-order valence-corrected chi connectivity index (χ2v) is 3.86. The average Bonchev–Trinajstić information content (AvgIpc) is 2.43. The Morgan fingerprint density at radius 3 is 2.14 bits per heavy atom. The number of hydrogen-bond donors (Lipinski definition) is 0. The van der Waals surface area contributed by atoms with Crippen LogP contribution in [0.15, 0.2) is 48.1 Å². The zero-order chi connectivity index (χ0) is 16.1. The number of Topliss-reactive ketones (excluding diaryl/α,β-unsaturated/α-hetero) is 1. The third kappa shape index (κ3) is 3.99. The van der Waals surface area contributed by atoms with Crippen LogP contribution in [-0.2, 0) is 4.79 Å². The summed E-state index contributed by atoms with van der Waals surface area (Å²) in [5, 5.41) is 8.55. The fraction of sp³-hybridized carbons (Fsp3) is 0.143. The van der Waals surface area contributed by atoms with Gasteiger partial charge in [0.15, 0.2) is 0 Å². The van der Waals surface area contributed by atoms with E-state index in [1.54, 1.807) is 30.3 Å². The lowest BCUT2D eigenvalue weighted by molar-refractivity contribution is -0.266. The number of allylic oxidation sites excluding steroid dienone is 3. The molecular formula is C14H8F5NO. The minimum absolute atomic E-state index is 0.620. The molecule has 0 heterocycles. The summed E-state index contributed by atoms with van der Waals surface area (Å²) in [5.74, 6) is -8.16. The second-order valence-electron chi connectivity index (χ2n) is 3.86. The number of alkyl halides is 5. The Morgan fingerprint density at radius 2 is 1.67 bits per heavy atom. The first-order valence-corrected chi connectivity index (χ1v) is 5.53. The third-order valence-electron chi connectivity index (χ3n) is 2.36. The summed E-state index contributed by atoms with van der Waals surface area (Å²) in [7, 11) is 0.